The molecule has 1 N–H and O–H groups in total. The zero-order valence-corrected chi connectivity index (χ0v) is 11.7. The van der Waals surface area contributed by atoms with Gasteiger partial charge in [-0.05, 0) is 23.6 Å². The number of fused-ring (bicyclic) bond motifs is 1. The standard InChI is InChI=1S/C16H16N2O3/c1-21-13-6-7-16(18(19)20)15(9-13)17-10-12-8-11-4-2-3-5-14(11)12/h2-7,9,12,17H,8,10H2,1H3. The van der Waals surface area contributed by atoms with Crippen LogP contribution in [0.1, 0.15) is 17.0 Å². The highest BCUT2D eigenvalue weighted by Crippen LogP contribution is 2.36. The summed E-state index contributed by atoms with van der Waals surface area (Å²) in [7, 11) is 1.55. The summed E-state index contributed by atoms with van der Waals surface area (Å²) in [4.78, 5) is 10.7. The Bertz CT molecular complexity index is 685. The van der Waals surface area contributed by atoms with Crippen LogP contribution in [-0.4, -0.2) is 18.6 Å². The first-order valence-electron chi connectivity index (χ1n) is 6.83. The molecule has 5 nitrogen and oxygen atoms in total. The zero-order chi connectivity index (χ0) is 14.8. The number of benzene rings is 2. The average Bonchev–Trinajstić information content (AvgIpc) is 2.47. The van der Waals surface area contributed by atoms with Crippen LogP contribution >= 0.6 is 0 Å². The molecule has 1 unspecified atom stereocenters. The largest absolute Gasteiger partial charge is 0.497 e. The molecule has 0 fully saturated rings. The summed E-state index contributed by atoms with van der Waals surface area (Å²) in [5, 5.41) is 14.3. The van der Waals surface area contributed by atoms with Crippen molar-refractivity contribution in [3.8, 4) is 5.75 Å². The van der Waals surface area contributed by atoms with Crippen molar-refractivity contribution in [1.29, 1.82) is 0 Å². The molecule has 108 valence electrons. The van der Waals surface area contributed by atoms with Gasteiger partial charge in [-0.15, -0.1) is 0 Å². The molecule has 0 heterocycles. The molecule has 0 amide bonds. The van der Waals surface area contributed by atoms with Gasteiger partial charge in [0.2, 0.25) is 0 Å². The van der Waals surface area contributed by atoms with Gasteiger partial charge >= 0.3 is 0 Å². The Labute approximate surface area is 122 Å². The molecule has 1 aliphatic rings. The lowest BCUT2D eigenvalue weighted by atomic mass is 9.77. The van der Waals surface area contributed by atoms with Crippen molar-refractivity contribution in [3.05, 3.63) is 63.7 Å². The highest BCUT2D eigenvalue weighted by Gasteiger charge is 2.26. The fourth-order valence-corrected chi connectivity index (χ4v) is 2.72. The molecule has 21 heavy (non-hydrogen) atoms. The number of nitrogens with zero attached hydrogens (tertiary/aromatic N) is 1. The minimum Gasteiger partial charge on any atom is -0.497 e. The topological polar surface area (TPSA) is 64.4 Å². The van der Waals surface area contributed by atoms with Crippen LogP contribution in [0.3, 0.4) is 0 Å². The van der Waals surface area contributed by atoms with Crippen LogP contribution in [0.2, 0.25) is 0 Å². The van der Waals surface area contributed by atoms with E-state index in [1.807, 2.05) is 12.1 Å². The average molecular weight is 284 g/mol. The molecule has 0 aliphatic heterocycles. The van der Waals surface area contributed by atoms with Gasteiger partial charge in [0.25, 0.3) is 5.69 Å². The smallest absolute Gasteiger partial charge is 0.292 e. The van der Waals surface area contributed by atoms with Crippen LogP contribution in [0.4, 0.5) is 11.4 Å². The second-order valence-corrected chi connectivity index (χ2v) is 5.12. The molecule has 1 atom stereocenters. The lowest BCUT2D eigenvalue weighted by molar-refractivity contribution is -0.384. The predicted octanol–water partition coefficient (Wildman–Crippen LogP) is 3.36. The maximum absolute atomic E-state index is 11.1. The van der Waals surface area contributed by atoms with Crippen molar-refractivity contribution in [2.75, 3.05) is 19.0 Å². The van der Waals surface area contributed by atoms with Crippen LogP contribution in [0.25, 0.3) is 0 Å². The maximum atomic E-state index is 11.1. The molecular weight excluding hydrogens is 268 g/mol. The van der Waals surface area contributed by atoms with Crippen LogP contribution in [0.5, 0.6) is 5.75 Å². The molecular formula is C16H16N2O3. The molecule has 3 rings (SSSR count). The maximum Gasteiger partial charge on any atom is 0.292 e. The Balaban J connectivity index is 1.75. The van der Waals surface area contributed by atoms with Crippen LogP contribution in [0.15, 0.2) is 42.5 Å². The van der Waals surface area contributed by atoms with E-state index in [0.717, 1.165) is 6.42 Å². The minimum absolute atomic E-state index is 0.0726. The minimum atomic E-state index is -0.378. The lowest BCUT2D eigenvalue weighted by Gasteiger charge is -2.30. The fraction of sp³-hybridized carbons (Fsp3) is 0.250. The van der Waals surface area contributed by atoms with E-state index in [-0.39, 0.29) is 10.6 Å². The number of hydrogen-bond donors (Lipinski definition) is 1. The van der Waals surface area contributed by atoms with Gasteiger partial charge in [-0.1, -0.05) is 24.3 Å². The summed E-state index contributed by atoms with van der Waals surface area (Å²) < 4.78 is 5.13. The Morgan fingerprint density at radius 3 is 2.86 bits per heavy atom. The highest BCUT2D eigenvalue weighted by molar-refractivity contribution is 5.64. The first-order chi connectivity index (χ1) is 10.2. The molecule has 5 heteroatoms. The van der Waals surface area contributed by atoms with E-state index in [0.29, 0.717) is 23.9 Å². The predicted molar refractivity (Wildman–Crippen MR) is 81.0 cm³/mol. The molecule has 0 spiro atoms. The Kier molecular flexibility index (Phi) is 3.48. The Hall–Kier alpha value is -2.56. The summed E-state index contributed by atoms with van der Waals surface area (Å²) in [6, 6.07) is 13.0. The van der Waals surface area contributed by atoms with Crippen molar-refractivity contribution in [2.24, 2.45) is 0 Å². The Morgan fingerprint density at radius 1 is 1.33 bits per heavy atom. The number of methoxy groups -OCH3 is 1. The molecule has 2 aromatic rings. The number of nitro benzene ring substituents is 1. The summed E-state index contributed by atoms with van der Waals surface area (Å²) >= 11 is 0. The van der Waals surface area contributed by atoms with Gasteiger partial charge in [-0.3, -0.25) is 10.1 Å². The second-order valence-electron chi connectivity index (χ2n) is 5.12. The van der Waals surface area contributed by atoms with Gasteiger partial charge in [0.1, 0.15) is 11.4 Å². The summed E-state index contributed by atoms with van der Waals surface area (Å²) in [5.74, 6) is 1.02. The van der Waals surface area contributed by atoms with E-state index in [1.165, 1.54) is 17.2 Å². The van der Waals surface area contributed by atoms with Gasteiger partial charge in [0.15, 0.2) is 0 Å². The van der Waals surface area contributed by atoms with Crippen molar-refractivity contribution in [3.63, 3.8) is 0 Å². The third kappa shape index (κ3) is 2.54. The number of nitrogens with one attached hydrogen (secondary N) is 1. The van der Waals surface area contributed by atoms with Gasteiger partial charge in [-0.2, -0.15) is 0 Å². The monoisotopic (exact) mass is 284 g/mol. The third-order valence-electron chi connectivity index (χ3n) is 3.90. The number of nitro groups is 1. The molecule has 2 aromatic carbocycles. The summed E-state index contributed by atoms with van der Waals surface area (Å²) in [5.41, 5.74) is 3.27. The van der Waals surface area contributed by atoms with E-state index < -0.39 is 0 Å². The lowest BCUT2D eigenvalue weighted by Crippen LogP contribution is -2.24. The first kappa shape index (κ1) is 13.4. The van der Waals surface area contributed by atoms with Crippen LogP contribution in [-0.2, 0) is 6.42 Å². The molecule has 0 aromatic heterocycles. The summed E-state index contributed by atoms with van der Waals surface area (Å²) in [6.07, 6.45) is 1.01. The van der Waals surface area contributed by atoms with Crippen molar-refractivity contribution < 1.29 is 9.66 Å². The third-order valence-corrected chi connectivity index (χ3v) is 3.90. The second kappa shape index (κ2) is 5.44. The number of ether oxygens (including phenoxy) is 1. The molecule has 1 aliphatic carbocycles. The normalized spacial score (nSPS) is 15.8. The highest BCUT2D eigenvalue weighted by atomic mass is 16.6. The quantitative estimate of drug-likeness (QED) is 0.675. The van der Waals surface area contributed by atoms with E-state index in [4.69, 9.17) is 4.74 Å². The summed E-state index contributed by atoms with van der Waals surface area (Å²) in [6.45, 7) is 0.686. The Morgan fingerprint density at radius 2 is 2.14 bits per heavy atom. The van der Waals surface area contributed by atoms with Crippen molar-refractivity contribution >= 4 is 11.4 Å². The zero-order valence-electron chi connectivity index (χ0n) is 11.7. The van der Waals surface area contributed by atoms with E-state index >= 15 is 0 Å². The van der Waals surface area contributed by atoms with E-state index in [9.17, 15) is 10.1 Å². The number of anilines is 1. The first-order valence-corrected chi connectivity index (χ1v) is 6.83. The molecule has 0 radical (unpaired) electrons. The van der Waals surface area contributed by atoms with Crippen LogP contribution in [0, 0.1) is 10.1 Å². The van der Waals surface area contributed by atoms with Crippen molar-refractivity contribution in [2.45, 2.75) is 12.3 Å². The fourth-order valence-electron chi connectivity index (χ4n) is 2.72. The van der Waals surface area contributed by atoms with E-state index in [1.54, 1.807) is 19.2 Å². The van der Waals surface area contributed by atoms with Crippen molar-refractivity contribution in [1.82, 2.24) is 0 Å². The van der Waals surface area contributed by atoms with Crippen LogP contribution < -0.4 is 10.1 Å². The van der Waals surface area contributed by atoms with Gasteiger partial charge in [0, 0.05) is 24.6 Å². The SMILES string of the molecule is COc1ccc([N+](=O)[O-])c(NCC2Cc3ccccc32)c1. The molecule has 0 bridgehead atoms. The number of rotatable bonds is 5. The molecule has 0 saturated carbocycles. The van der Waals surface area contributed by atoms with Gasteiger partial charge in [0.05, 0.1) is 12.0 Å². The van der Waals surface area contributed by atoms with E-state index in [2.05, 4.69) is 17.4 Å². The molecule has 0 saturated heterocycles. The number of hydrogen-bond acceptors (Lipinski definition) is 4. The van der Waals surface area contributed by atoms with Gasteiger partial charge in [-0.25, -0.2) is 0 Å². The van der Waals surface area contributed by atoms with Gasteiger partial charge < -0.3 is 10.1 Å².